The van der Waals surface area contributed by atoms with Crippen molar-refractivity contribution in [1.29, 1.82) is 0 Å². The molecule has 3 aromatic rings. The van der Waals surface area contributed by atoms with E-state index in [4.69, 9.17) is 26.9 Å². The number of rotatable bonds is 8. The first-order chi connectivity index (χ1) is 13.6. The van der Waals surface area contributed by atoms with E-state index in [1.165, 1.54) is 4.68 Å². The Morgan fingerprint density at radius 1 is 1.21 bits per heavy atom. The maximum absolute atomic E-state index is 12.1. The van der Waals surface area contributed by atoms with Crippen LogP contribution in [0.5, 0.6) is 11.5 Å². The fraction of sp³-hybridized carbons (Fsp3) is 0.167. The molecular formula is C18H18ClN5O3S. The van der Waals surface area contributed by atoms with Crippen LogP contribution in [0, 0.1) is 0 Å². The van der Waals surface area contributed by atoms with Gasteiger partial charge in [0.25, 0.3) is 0 Å². The van der Waals surface area contributed by atoms with E-state index < -0.39 is 0 Å². The van der Waals surface area contributed by atoms with Crippen LogP contribution in [0.3, 0.4) is 0 Å². The lowest BCUT2D eigenvalue weighted by Gasteiger charge is -2.08. The van der Waals surface area contributed by atoms with Crippen molar-refractivity contribution in [2.24, 2.45) is 0 Å². The summed E-state index contributed by atoms with van der Waals surface area (Å²) in [5.41, 5.74) is 0.552. The van der Waals surface area contributed by atoms with Crippen LogP contribution in [-0.4, -0.2) is 33.6 Å². The number of nitrogen functional groups attached to an aromatic ring is 1. The molecule has 0 atom stereocenters. The average Bonchev–Trinajstić information content (AvgIpc) is 3.06. The van der Waals surface area contributed by atoms with E-state index in [0.717, 1.165) is 11.8 Å². The summed E-state index contributed by atoms with van der Waals surface area (Å²) in [5, 5.41) is 11.6. The predicted molar refractivity (Wildman–Crippen MR) is 108 cm³/mol. The molecule has 1 heterocycles. The van der Waals surface area contributed by atoms with Gasteiger partial charge in [0, 0.05) is 6.07 Å². The number of nitrogens with one attached hydrogen (secondary N) is 1. The maximum Gasteiger partial charge on any atom is 0.234 e. The lowest BCUT2D eigenvalue weighted by Crippen LogP contribution is -2.18. The van der Waals surface area contributed by atoms with Gasteiger partial charge >= 0.3 is 0 Å². The Kier molecular flexibility index (Phi) is 6.62. The minimum Gasteiger partial charge on any atom is -0.497 e. The first-order valence-corrected chi connectivity index (χ1v) is 9.56. The molecule has 0 aliphatic heterocycles. The smallest absolute Gasteiger partial charge is 0.234 e. The zero-order valence-corrected chi connectivity index (χ0v) is 16.5. The quantitative estimate of drug-likeness (QED) is 0.427. The van der Waals surface area contributed by atoms with Crippen molar-refractivity contribution in [3.8, 4) is 11.5 Å². The molecule has 28 heavy (non-hydrogen) atoms. The summed E-state index contributed by atoms with van der Waals surface area (Å²) in [6.07, 6.45) is 0. The second kappa shape index (κ2) is 9.34. The molecule has 0 spiro atoms. The van der Waals surface area contributed by atoms with Gasteiger partial charge in [0.1, 0.15) is 18.1 Å². The summed E-state index contributed by atoms with van der Waals surface area (Å²) >= 11 is 7.19. The molecule has 0 radical (unpaired) electrons. The van der Waals surface area contributed by atoms with E-state index in [-0.39, 0.29) is 18.3 Å². The number of ether oxygens (including phenoxy) is 2. The van der Waals surface area contributed by atoms with E-state index in [9.17, 15) is 4.79 Å². The highest BCUT2D eigenvalue weighted by atomic mass is 35.5. The summed E-state index contributed by atoms with van der Waals surface area (Å²) in [6.45, 7) is 0.128. The van der Waals surface area contributed by atoms with Crippen LogP contribution in [0.25, 0.3) is 0 Å². The molecule has 0 fully saturated rings. The number of anilines is 1. The Bertz CT molecular complexity index is 966. The fourth-order valence-corrected chi connectivity index (χ4v) is 3.08. The lowest BCUT2D eigenvalue weighted by molar-refractivity contribution is -0.113. The molecule has 1 amide bonds. The number of aromatic nitrogens is 3. The highest BCUT2D eigenvalue weighted by Gasteiger charge is 2.13. The Labute approximate surface area is 171 Å². The van der Waals surface area contributed by atoms with Gasteiger partial charge in [-0.05, 0) is 24.3 Å². The summed E-state index contributed by atoms with van der Waals surface area (Å²) < 4.78 is 12.1. The minimum absolute atomic E-state index is 0.108. The van der Waals surface area contributed by atoms with Gasteiger partial charge in [-0.3, -0.25) is 4.79 Å². The number of methoxy groups -OCH3 is 1. The Morgan fingerprint density at radius 3 is 2.79 bits per heavy atom. The lowest BCUT2D eigenvalue weighted by atomic mass is 10.3. The van der Waals surface area contributed by atoms with E-state index in [2.05, 4.69) is 15.5 Å². The molecule has 0 saturated heterocycles. The maximum atomic E-state index is 12.1. The molecule has 3 N–H and O–H groups in total. The number of thioether (sulfide) groups is 1. The third-order valence-corrected chi connectivity index (χ3v) is 4.90. The first-order valence-electron chi connectivity index (χ1n) is 8.20. The van der Waals surface area contributed by atoms with Crippen molar-refractivity contribution in [3.63, 3.8) is 0 Å². The number of benzene rings is 2. The number of para-hydroxylation sites is 1. The Balaban J connectivity index is 1.54. The third kappa shape index (κ3) is 5.08. The van der Waals surface area contributed by atoms with Gasteiger partial charge in [-0.25, -0.2) is 4.68 Å². The van der Waals surface area contributed by atoms with Crippen molar-refractivity contribution in [1.82, 2.24) is 14.9 Å². The molecule has 0 aliphatic rings. The topological polar surface area (TPSA) is 104 Å². The van der Waals surface area contributed by atoms with Crippen LogP contribution in [0.15, 0.2) is 53.7 Å². The average molecular weight is 420 g/mol. The number of halogens is 1. The first kappa shape index (κ1) is 19.8. The van der Waals surface area contributed by atoms with Crippen LogP contribution < -0.4 is 20.6 Å². The monoisotopic (exact) mass is 419 g/mol. The molecule has 8 nitrogen and oxygen atoms in total. The molecular weight excluding hydrogens is 402 g/mol. The van der Waals surface area contributed by atoms with Crippen LogP contribution in [0.4, 0.5) is 5.69 Å². The van der Waals surface area contributed by atoms with Crippen molar-refractivity contribution >= 4 is 35.0 Å². The third-order valence-electron chi connectivity index (χ3n) is 3.62. The Hall–Kier alpha value is -2.91. The Morgan fingerprint density at radius 2 is 2.00 bits per heavy atom. The van der Waals surface area contributed by atoms with Crippen LogP contribution in [-0.2, 0) is 11.4 Å². The highest BCUT2D eigenvalue weighted by Crippen LogP contribution is 2.22. The van der Waals surface area contributed by atoms with Gasteiger partial charge < -0.3 is 20.6 Å². The van der Waals surface area contributed by atoms with Gasteiger partial charge in [-0.15, -0.1) is 10.2 Å². The molecule has 3 rings (SSSR count). The van der Waals surface area contributed by atoms with Crippen molar-refractivity contribution in [2.45, 2.75) is 11.8 Å². The molecule has 0 aliphatic carbocycles. The van der Waals surface area contributed by atoms with Crippen LogP contribution >= 0.6 is 23.4 Å². The normalized spacial score (nSPS) is 10.5. The number of hydrogen-bond donors (Lipinski definition) is 2. The van der Waals surface area contributed by atoms with E-state index in [1.54, 1.807) is 43.5 Å². The van der Waals surface area contributed by atoms with E-state index in [0.29, 0.717) is 33.2 Å². The summed E-state index contributed by atoms with van der Waals surface area (Å²) in [7, 11) is 1.58. The number of nitrogens with zero attached hydrogens (tertiary/aromatic N) is 3. The molecule has 0 bridgehead atoms. The van der Waals surface area contributed by atoms with Crippen LogP contribution in [0.2, 0.25) is 5.02 Å². The molecule has 1 aromatic heterocycles. The summed E-state index contributed by atoms with van der Waals surface area (Å²) in [4.78, 5) is 12.1. The predicted octanol–water partition coefficient (Wildman–Crippen LogP) is 2.96. The highest BCUT2D eigenvalue weighted by molar-refractivity contribution is 7.99. The number of carbonyl (C=O) groups excluding carboxylic acids is 1. The zero-order chi connectivity index (χ0) is 19.9. The number of hydrogen-bond acceptors (Lipinski definition) is 7. The number of amides is 1. The second-order valence-electron chi connectivity index (χ2n) is 5.55. The molecule has 0 unspecified atom stereocenters. The largest absolute Gasteiger partial charge is 0.497 e. The van der Waals surface area contributed by atoms with Crippen molar-refractivity contribution in [2.75, 3.05) is 24.0 Å². The van der Waals surface area contributed by atoms with Gasteiger partial charge in [0.2, 0.25) is 11.1 Å². The number of nitrogens with two attached hydrogens (primary N) is 1. The van der Waals surface area contributed by atoms with Crippen molar-refractivity contribution in [3.05, 3.63) is 59.4 Å². The minimum atomic E-state index is -0.227. The van der Waals surface area contributed by atoms with Crippen molar-refractivity contribution < 1.29 is 14.3 Å². The van der Waals surface area contributed by atoms with Gasteiger partial charge in [0.15, 0.2) is 5.82 Å². The SMILES string of the molecule is COc1cccc(OCc2nnc(SCC(=O)Nc3ccccc3Cl)n2N)c1. The number of carbonyl (C=O) groups is 1. The van der Waals surface area contributed by atoms with E-state index in [1.807, 2.05) is 12.1 Å². The van der Waals surface area contributed by atoms with Gasteiger partial charge in [-0.1, -0.05) is 41.6 Å². The molecule has 10 heteroatoms. The standard InChI is InChI=1S/C18H18ClN5O3S/c1-26-12-5-4-6-13(9-12)27-10-16-22-23-18(24(16)20)28-11-17(25)21-15-8-3-2-7-14(15)19/h2-9H,10-11,20H2,1H3,(H,21,25). The molecule has 2 aromatic carbocycles. The zero-order valence-electron chi connectivity index (χ0n) is 15.0. The van der Waals surface area contributed by atoms with E-state index >= 15 is 0 Å². The van der Waals surface area contributed by atoms with Gasteiger partial charge in [0.05, 0.1) is 23.6 Å². The second-order valence-corrected chi connectivity index (χ2v) is 6.90. The molecule has 0 saturated carbocycles. The van der Waals surface area contributed by atoms with Gasteiger partial charge in [-0.2, -0.15) is 0 Å². The summed E-state index contributed by atoms with van der Waals surface area (Å²) in [5.74, 6) is 7.62. The fourth-order valence-electron chi connectivity index (χ4n) is 2.22. The molecule has 146 valence electrons. The summed E-state index contributed by atoms with van der Waals surface area (Å²) in [6, 6.07) is 14.2. The van der Waals surface area contributed by atoms with Crippen LogP contribution in [0.1, 0.15) is 5.82 Å².